The van der Waals surface area contributed by atoms with Gasteiger partial charge in [-0.05, 0) is 41.5 Å². The third-order valence-electron chi connectivity index (χ3n) is 2.28. The summed E-state index contributed by atoms with van der Waals surface area (Å²) in [4.78, 5) is 18.7. The number of Topliss-reactive ketones (excluding diaryl/α,β-unsaturated/α-hetero) is 1. The van der Waals surface area contributed by atoms with Gasteiger partial charge in [0.05, 0.1) is 27.6 Å². The van der Waals surface area contributed by atoms with Crippen molar-refractivity contribution in [1.82, 2.24) is 9.97 Å². The molecule has 0 amide bonds. The number of hydrogen-bond acceptors (Lipinski definition) is 3. The van der Waals surface area contributed by atoms with Gasteiger partial charge in [-0.1, -0.05) is 23.4 Å². The smallest absolute Gasteiger partial charge is 0.143 e. The molecule has 0 fully saturated rings. The fourth-order valence-corrected chi connectivity index (χ4v) is 0.827. The zero-order valence-corrected chi connectivity index (χ0v) is 12.3. The van der Waals surface area contributed by atoms with E-state index in [4.69, 9.17) is 0 Å². The molecule has 0 radical (unpaired) electrons. The van der Waals surface area contributed by atoms with Gasteiger partial charge in [0.2, 0.25) is 0 Å². The second-order valence-corrected chi connectivity index (χ2v) is 5.17. The molecule has 4 heteroatoms. The van der Waals surface area contributed by atoms with Gasteiger partial charge >= 0.3 is 0 Å². The van der Waals surface area contributed by atoms with Crippen molar-refractivity contribution < 1.29 is 4.79 Å². The van der Waals surface area contributed by atoms with Crippen molar-refractivity contribution in [1.29, 1.82) is 0 Å². The quantitative estimate of drug-likeness (QED) is 0.743. The molecule has 98 valence electrons. The highest BCUT2D eigenvalue weighted by Gasteiger charge is 1.98. The van der Waals surface area contributed by atoms with E-state index in [0.717, 1.165) is 22.8 Å². The number of rotatable bonds is 1. The van der Waals surface area contributed by atoms with Crippen LogP contribution in [0.4, 0.5) is 0 Å². The molecule has 0 saturated heterocycles. The van der Waals surface area contributed by atoms with Crippen LogP contribution in [0.1, 0.15) is 44.0 Å². The molecule has 1 atom stereocenters. The van der Waals surface area contributed by atoms with Crippen molar-refractivity contribution in [3.05, 3.63) is 22.8 Å². The SMILES string of the molecule is C.CC(=O)C(C)Br.Cc1nc(C)c(C)nc1C. The minimum absolute atomic E-state index is 0. The second kappa shape index (κ2) is 8.34. The van der Waals surface area contributed by atoms with Crippen molar-refractivity contribution >= 4 is 21.7 Å². The van der Waals surface area contributed by atoms with Crippen LogP contribution in [0.15, 0.2) is 0 Å². The zero-order valence-electron chi connectivity index (χ0n) is 10.8. The number of carbonyl (C=O) groups is 1. The third kappa shape index (κ3) is 7.21. The summed E-state index contributed by atoms with van der Waals surface area (Å²) in [7, 11) is 0. The van der Waals surface area contributed by atoms with Crippen molar-refractivity contribution in [3.63, 3.8) is 0 Å². The monoisotopic (exact) mass is 302 g/mol. The maximum absolute atomic E-state index is 10.1. The normalized spacial score (nSPS) is 10.8. The van der Waals surface area contributed by atoms with Crippen LogP contribution in [0.3, 0.4) is 0 Å². The van der Waals surface area contributed by atoms with E-state index in [2.05, 4.69) is 25.9 Å². The van der Waals surface area contributed by atoms with Gasteiger partial charge in [-0.2, -0.15) is 0 Å². The highest BCUT2D eigenvalue weighted by Crippen LogP contribution is 2.04. The number of aromatic nitrogens is 2. The second-order valence-electron chi connectivity index (χ2n) is 3.79. The van der Waals surface area contributed by atoms with Crippen molar-refractivity contribution in [2.24, 2.45) is 0 Å². The Labute approximate surface area is 113 Å². The van der Waals surface area contributed by atoms with E-state index in [0.29, 0.717) is 0 Å². The fraction of sp³-hybridized carbons (Fsp3) is 0.615. The summed E-state index contributed by atoms with van der Waals surface area (Å²) in [5.74, 6) is 0.176. The average Bonchev–Trinajstić information content (AvgIpc) is 2.16. The lowest BCUT2D eigenvalue weighted by Crippen LogP contribution is -2.01. The van der Waals surface area contributed by atoms with E-state index in [1.807, 2.05) is 34.6 Å². The van der Waals surface area contributed by atoms with Gasteiger partial charge in [0.1, 0.15) is 5.78 Å². The maximum Gasteiger partial charge on any atom is 0.143 e. The molecule has 0 aliphatic rings. The number of halogens is 1. The van der Waals surface area contributed by atoms with Crippen molar-refractivity contribution in [3.8, 4) is 0 Å². The lowest BCUT2D eigenvalue weighted by Gasteiger charge is -2.01. The van der Waals surface area contributed by atoms with E-state index in [9.17, 15) is 4.79 Å². The molecule has 1 rings (SSSR count). The molecule has 1 heterocycles. The fourth-order valence-electron chi connectivity index (χ4n) is 0.827. The van der Waals surface area contributed by atoms with E-state index < -0.39 is 0 Å². The molecule has 1 aromatic rings. The Morgan fingerprint density at radius 3 is 1.29 bits per heavy atom. The van der Waals surface area contributed by atoms with Gasteiger partial charge in [-0.15, -0.1) is 0 Å². The lowest BCUT2D eigenvalue weighted by atomic mass is 10.3. The molecule has 0 saturated carbocycles. The molecule has 0 spiro atoms. The predicted octanol–water partition coefficient (Wildman–Crippen LogP) is 3.71. The summed E-state index contributed by atoms with van der Waals surface area (Å²) >= 11 is 3.09. The summed E-state index contributed by atoms with van der Waals surface area (Å²) in [5.41, 5.74) is 4.12. The van der Waals surface area contributed by atoms with Crippen LogP contribution in [-0.2, 0) is 4.79 Å². The van der Waals surface area contributed by atoms with Crippen molar-refractivity contribution in [2.75, 3.05) is 0 Å². The maximum atomic E-state index is 10.1. The molecule has 0 N–H and O–H groups in total. The Hall–Kier alpha value is -0.770. The molecule has 0 aliphatic carbocycles. The first-order chi connectivity index (χ1) is 7.25. The van der Waals surface area contributed by atoms with E-state index >= 15 is 0 Å². The van der Waals surface area contributed by atoms with Crippen LogP contribution >= 0.6 is 15.9 Å². The molecule has 17 heavy (non-hydrogen) atoms. The van der Waals surface area contributed by atoms with Crippen molar-refractivity contribution in [2.45, 2.75) is 53.8 Å². The molecule has 1 aromatic heterocycles. The van der Waals surface area contributed by atoms with Gasteiger partial charge in [0.25, 0.3) is 0 Å². The first kappa shape index (κ1) is 18.6. The number of nitrogens with zero attached hydrogens (tertiary/aromatic N) is 2. The molecular formula is C13H23BrN2O. The number of aryl methyl sites for hydroxylation is 4. The Balaban J connectivity index is 0. The molecule has 0 bridgehead atoms. The summed E-state index contributed by atoms with van der Waals surface area (Å²) in [6.45, 7) is 11.3. The summed E-state index contributed by atoms with van der Waals surface area (Å²) in [6.07, 6.45) is 0. The standard InChI is InChI=1S/C8H12N2.C4H7BrO.CH4/c1-5-6(2)10-8(4)7(3)9-5;1-3(5)4(2)6;/h1-4H3;3H,1-2H3;1H4. The van der Waals surface area contributed by atoms with Crippen LogP contribution in [-0.4, -0.2) is 20.6 Å². The van der Waals surface area contributed by atoms with Gasteiger partial charge in [0.15, 0.2) is 0 Å². The minimum Gasteiger partial charge on any atom is -0.299 e. The third-order valence-corrected chi connectivity index (χ3v) is 2.92. The Bertz CT molecular complexity index is 326. The summed E-state index contributed by atoms with van der Waals surface area (Å²) in [5, 5.41) is 0. The van der Waals surface area contributed by atoms with Gasteiger partial charge < -0.3 is 0 Å². The van der Waals surface area contributed by atoms with Gasteiger partial charge in [-0.25, -0.2) is 0 Å². The number of carbonyl (C=O) groups excluding carboxylic acids is 1. The highest BCUT2D eigenvalue weighted by molar-refractivity contribution is 9.10. The number of alkyl halides is 1. The predicted molar refractivity (Wildman–Crippen MR) is 76.8 cm³/mol. The largest absolute Gasteiger partial charge is 0.299 e. The van der Waals surface area contributed by atoms with E-state index in [-0.39, 0.29) is 18.0 Å². The minimum atomic E-state index is 0. The zero-order chi connectivity index (χ0) is 12.9. The highest BCUT2D eigenvalue weighted by atomic mass is 79.9. The Kier molecular flexibility index (Phi) is 9.12. The van der Waals surface area contributed by atoms with Crippen LogP contribution < -0.4 is 0 Å². The molecule has 0 aliphatic heterocycles. The molecule has 0 aromatic carbocycles. The topological polar surface area (TPSA) is 42.9 Å². The Morgan fingerprint density at radius 2 is 1.18 bits per heavy atom. The molecule has 1 unspecified atom stereocenters. The summed E-state index contributed by atoms with van der Waals surface area (Å²) < 4.78 is 0. The first-order valence-corrected chi connectivity index (χ1v) is 6.10. The van der Waals surface area contributed by atoms with Crippen LogP contribution in [0.2, 0.25) is 0 Å². The molecular weight excluding hydrogens is 280 g/mol. The van der Waals surface area contributed by atoms with E-state index in [1.54, 1.807) is 6.92 Å². The number of ketones is 1. The first-order valence-electron chi connectivity index (χ1n) is 5.18. The van der Waals surface area contributed by atoms with Crippen LogP contribution in [0, 0.1) is 27.7 Å². The van der Waals surface area contributed by atoms with E-state index in [1.165, 1.54) is 0 Å². The lowest BCUT2D eigenvalue weighted by molar-refractivity contribution is -0.116. The average molecular weight is 303 g/mol. The van der Waals surface area contributed by atoms with Crippen LogP contribution in [0.25, 0.3) is 0 Å². The molecule has 3 nitrogen and oxygen atoms in total. The van der Waals surface area contributed by atoms with Crippen LogP contribution in [0.5, 0.6) is 0 Å². The summed E-state index contributed by atoms with van der Waals surface area (Å²) in [6, 6.07) is 0. The van der Waals surface area contributed by atoms with Gasteiger partial charge in [0, 0.05) is 0 Å². The van der Waals surface area contributed by atoms with Gasteiger partial charge in [-0.3, -0.25) is 14.8 Å². The number of hydrogen-bond donors (Lipinski definition) is 0. The Morgan fingerprint density at radius 1 is 1.00 bits per heavy atom.